The highest BCUT2D eigenvalue weighted by Crippen LogP contribution is 2.37. The average molecular weight is 476 g/mol. The predicted molar refractivity (Wildman–Crippen MR) is 118 cm³/mol. The van der Waals surface area contributed by atoms with Gasteiger partial charge in [-0.25, -0.2) is 0 Å². The lowest BCUT2D eigenvalue weighted by atomic mass is 10.1. The molecule has 150 valence electrons. The summed E-state index contributed by atoms with van der Waals surface area (Å²) in [6, 6.07) is 12.4. The average Bonchev–Trinajstić information content (AvgIpc) is 3.33. The third-order valence-electron chi connectivity index (χ3n) is 4.80. The van der Waals surface area contributed by atoms with Gasteiger partial charge in [-0.2, -0.15) is 5.10 Å². The standard InChI is InChI=1S/C21H20BrClN4O2/c1-27-20(18(22)12-25-27)17-10-15(6-7-19(17)29-16-8-9-24-11-16)26-21(28)13-2-4-14(23)5-3-13/h2-7,10,12,16,24H,8-9,11H2,1H3,(H,26,28). The first-order valence-electron chi connectivity index (χ1n) is 9.27. The summed E-state index contributed by atoms with van der Waals surface area (Å²) in [5, 5.41) is 11.2. The maximum absolute atomic E-state index is 12.6. The Morgan fingerprint density at radius 3 is 2.76 bits per heavy atom. The number of ether oxygens (including phenoxy) is 1. The summed E-state index contributed by atoms with van der Waals surface area (Å²) in [5.41, 5.74) is 2.95. The van der Waals surface area contributed by atoms with E-state index in [0.29, 0.717) is 16.3 Å². The number of rotatable bonds is 5. The van der Waals surface area contributed by atoms with E-state index < -0.39 is 0 Å². The fourth-order valence-electron chi connectivity index (χ4n) is 3.32. The molecule has 1 atom stereocenters. The minimum absolute atomic E-state index is 0.121. The van der Waals surface area contributed by atoms with Crippen molar-refractivity contribution in [3.63, 3.8) is 0 Å². The highest BCUT2D eigenvalue weighted by atomic mass is 79.9. The van der Waals surface area contributed by atoms with Crippen molar-refractivity contribution in [1.29, 1.82) is 0 Å². The van der Waals surface area contributed by atoms with E-state index in [1.54, 1.807) is 35.1 Å². The van der Waals surface area contributed by atoms with E-state index in [1.807, 2.05) is 25.2 Å². The SMILES string of the molecule is Cn1ncc(Br)c1-c1cc(NC(=O)c2ccc(Cl)cc2)ccc1OC1CCNC1. The molecule has 29 heavy (non-hydrogen) atoms. The number of amides is 1. The summed E-state index contributed by atoms with van der Waals surface area (Å²) < 4.78 is 8.88. The molecule has 4 rings (SSSR count). The van der Waals surface area contributed by atoms with E-state index in [0.717, 1.165) is 41.0 Å². The zero-order valence-electron chi connectivity index (χ0n) is 15.8. The Labute approximate surface area is 182 Å². The highest BCUT2D eigenvalue weighted by Gasteiger charge is 2.21. The summed E-state index contributed by atoms with van der Waals surface area (Å²) in [6.07, 6.45) is 2.83. The number of hydrogen-bond donors (Lipinski definition) is 2. The molecule has 1 aliphatic rings. The fraction of sp³-hybridized carbons (Fsp3) is 0.238. The monoisotopic (exact) mass is 474 g/mol. The number of anilines is 1. The first kappa shape index (κ1) is 19.9. The van der Waals surface area contributed by atoms with Crippen molar-refractivity contribution >= 4 is 39.1 Å². The molecule has 0 bridgehead atoms. The number of aryl methyl sites for hydroxylation is 1. The Morgan fingerprint density at radius 2 is 2.10 bits per heavy atom. The maximum Gasteiger partial charge on any atom is 0.255 e. The second-order valence-electron chi connectivity index (χ2n) is 6.87. The van der Waals surface area contributed by atoms with Gasteiger partial charge in [0.2, 0.25) is 0 Å². The molecule has 1 amide bonds. The van der Waals surface area contributed by atoms with Crippen molar-refractivity contribution in [2.45, 2.75) is 12.5 Å². The van der Waals surface area contributed by atoms with Gasteiger partial charge in [0.05, 0.1) is 16.4 Å². The Balaban J connectivity index is 1.66. The second kappa shape index (κ2) is 8.57. The van der Waals surface area contributed by atoms with Gasteiger partial charge >= 0.3 is 0 Å². The topological polar surface area (TPSA) is 68.2 Å². The van der Waals surface area contributed by atoms with Gasteiger partial charge in [0.15, 0.2) is 0 Å². The van der Waals surface area contributed by atoms with E-state index in [4.69, 9.17) is 16.3 Å². The van der Waals surface area contributed by atoms with E-state index in [2.05, 4.69) is 31.7 Å². The molecule has 1 aromatic heterocycles. The van der Waals surface area contributed by atoms with Gasteiger partial charge in [-0.05, 0) is 71.4 Å². The van der Waals surface area contributed by atoms with Crippen LogP contribution in [0.2, 0.25) is 5.02 Å². The zero-order valence-corrected chi connectivity index (χ0v) is 18.1. The minimum atomic E-state index is -0.203. The third-order valence-corrected chi connectivity index (χ3v) is 5.63. The molecule has 2 heterocycles. The predicted octanol–water partition coefficient (Wildman–Crippen LogP) is 4.50. The van der Waals surface area contributed by atoms with Crippen molar-refractivity contribution in [3.8, 4) is 17.0 Å². The maximum atomic E-state index is 12.6. The summed E-state index contributed by atoms with van der Waals surface area (Å²) in [6.45, 7) is 1.77. The lowest BCUT2D eigenvalue weighted by Crippen LogP contribution is -2.20. The van der Waals surface area contributed by atoms with Gasteiger partial charge in [0.1, 0.15) is 11.9 Å². The lowest BCUT2D eigenvalue weighted by molar-refractivity contribution is 0.102. The molecular weight excluding hydrogens is 456 g/mol. The van der Waals surface area contributed by atoms with Crippen LogP contribution in [0.3, 0.4) is 0 Å². The fourth-order valence-corrected chi connectivity index (χ4v) is 4.01. The molecule has 1 aliphatic heterocycles. The first-order valence-corrected chi connectivity index (χ1v) is 10.4. The Kier molecular flexibility index (Phi) is 5.89. The highest BCUT2D eigenvalue weighted by molar-refractivity contribution is 9.10. The van der Waals surface area contributed by atoms with Gasteiger partial charge in [-0.1, -0.05) is 11.6 Å². The van der Waals surface area contributed by atoms with E-state index in [1.165, 1.54) is 0 Å². The Morgan fingerprint density at radius 1 is 1.31 bits per heavy atom. The zero-order chi connectivity index (χ0) is 20.4. The molecule has 0 aliphatic carbocycles. The van der Waals surface area contributed by atoms with Gasteiger partial charge in [0, 0.05) is 35.4 Å². The number of benzene rings is 2. The number of carbonyl (C=O) groups excluding carboxylic acids is 1. The van der Waals surface area contributed by atoms with E-state index >= 15 is 0 Å². The van der Waals surface area contributed by atoms with Crippen LogP contribution >= 0.6 is 27.5 Å². The van der Waals surface area contributed by atoms with Crippen LogP contribution in [-0.4, -0.2) is 34.9 Å². The number of carbonyl (C=O) groups is 1. The molecule has 1 saturated heterocycles. The summed E-state index contributed by atoms with van der Waals surface area (Å²) in [7, 11) is 1.87. The first-order chi connectivity index (χ1) is 14.0. The molecule has 0 spiro atoms. The normalized spacial score (nSPS) is 16.0. The van der Waals surface area contributed by atoms with Crippen molar-refractivity contribution in [3.05, 3.63) is 63.7 Å². The number of nitrogens with zero attached hydrogens (tertiary/aromatic N) is 2. The van der Waals surface area contributed by atoms with Crippen molar-refractivity contribution < 1.29 is 9.53 Å². The summed E-state index contributed by atoms with van der Waals surface area (Å²) in [5.74, 6) is 0.554. The summed E-state index contributed by atoms with van der Waals surface area (Å²) >= 11 is 9.48. The smallest absolute Gasteiger partial charge is 0.255 e. The lowest BCUT2D eigenvalue weighted by Gasteiger charge is -2.18. The van der Waals surface area contributed by atoms with Crippen molar-refractivity contribution in [2.75, 3.05) is 18.4 Å². The molecule has 3 aromatic rings. The molecule has 8 heteroatoms. The van der Waals surface area contributed by atoms with Gasteiger partial charge < -0.3 is 15.4 Å². The van der Waals surface area contributed by atoms with Gasteiger partial charge in [-0.15, -0.1) is 0 Å². The quantitative estimate of drug-likeness (QED) is 0.570. The van der Waals surface area contributed by atoms with Crippen molar-refractivity contribution in [2.24, 2.45) is 7.05 Å². The second-order valence-corrected chi connectivity index (χ2v) is 8.16. The number of aromatic nitrogens is 2. The molecule has 6 nitrogen and oxygen atoms in total. The molecule has 2 aromatic carbocycles. The van der Waals surface area contributed by atoms with E-state index in [9.17, 15) is 4.79 Å². The number of nitrogens with one attached hydrogen (secondary N) is 2. The molecule has 0 radical (unpaired) electrons. The van der Waals surface area contributed by atoms with Crippen LogP contribution in [0, 0.1) is 0 Å². The van der Waals surface area contributed by atoms with Crippen LogP contribution in [0.4, 0.5) is 5.69 Å². The van der Waals surface area contributed by atoms with Crippen LogP contribution in [0.5, 0.6) is 5.75 Å². The van der Waals surface area contributed by atoms with Crippen molar-refractivity contribution in [1.82, 2.24) is 15.1 Å². The number of hydrogen-bond acceptors (Lipinski definition) is 4. The van der Waals surface area contributed by atoms with Crippen LogP contribution in [0.1, 0.15) is 16.8 Å². The molecule has 1 unspecified atom stereocenters. The van der Waals surface area contributed by atoms with Crippen LogP contribution in [0.25, 0.3) is 11.3 Å². The van der Waals surface area contributed by atoms with Crippen LogP contribution in [-0.2, 0) is 7.05 Å². The van der Waals surface area contributed by atoms with Crippen LogP contribution < -0.4 is 15.4 Å². The largest absolute Gasteiger partial charge is 0.488 e. The van der Waals surface area contributed by atoms with Gasteiger partial charge in [-0.3, -0.25) is 9.48 Å². The van der Waals surface area contributed by atoms with Gasteiger partial charge in [0.25, 0.3) is 5.91 Å². The molecule has 2 N–H and O–H groups in total. The Hall–Kier alpha value is -2.35. The Bertz CT molecular complexity index is 1010. The molecular formula is C21H20BrClN4O2. The summed E-state index contributed by atoms with van der Waals surface area (Å²) in [4.78, 5) is 12.6. The third kappa shape index (κ3) is 4.47. The van der Waals surface area contributed by atoms with E-state index in [-0.39, 0.29) is 12.0 Å². The molecule has 0 saturated carbocycles. The molecule has 1 fully saturated rings. The van der Waals surface area contributed by atoms with Crippen LogP contribution in [0.15, 0.2) is 53.1 Å². The minimum Gasteiger partial charge on any atom is -0.488 e. The number of halogens is 2.